The second kappa shape index (κ2) is 6.60. The molecule has 24 heavy (non-hydrogen) atoms. The first kappa shape index (κ1) is 17.0. The molecule has 0 amide bonds. The molecule has 1 aliphatic rings. The van der Waals surface area contributed by atoms with Crippen LogP contribution in [0.3, 0.4) is 0 Å². The fourth-order valence-electron chi connectivity index (χ4n) is 3.22. The Labute approximate surface area is 142 Å². The van der Waals surface area contributed by atoms with E-state index in [4.69, 9.17) is 0 Å². The van der Waals surface area contributed by atoms with Gasteiger partial charge in [0.2, 0.25) is 10.0 Å². The molecule has 0 aromatic carbocycles. The van der Waals surface area contributed by atoms with Crippen LogP contribution < -0.4 is 0 Å². The molecule has 8 heteroatoms. The van der Waals surface area contributed by atoms with Gasteiger partial charge in [0, 0.05) is 37.9 Å². The molecule has 0 N–H and O–H groups in total. The first-order valence-corrected chi connectivity index (χ1v) is 9.68. The molecule has 2 aromatic heterocycles. The first-order chi connectivity index (χ1) is 11.4. The summed E-state index contributed by atoms with van der Waals surface area (Å²) in [5, 5.41) is 4.17. The molecular formula is C16H23N5O2S. The van der Waals surface area contributed by atoms with Crippen molar-refractivity contribution in [3.05, 3.63) is 35.7 Å². The third-order valence-corrected chi connectivity index (χ3v) is 6.52. The van der Waals surface area contributed by atoms with E-state index in [1.54, 1.807) is 28.3 Å². The summed E-state index contributed by atoms with van der Waals surface area (Å²) in [5.74, 6) is 0.0856. The molecule has 0 bridgehead atoms. The molecule has 0 aliphatic carbocycles. The van der Waals surface area contributed by atoms with Gasteiger partial charge in [-0.3, -0.25) is 14.6 Å². The van der Waals surface area contributed by atoms with Crippen LogP contribution in [0.2, 0.25) is 0 Å². The van der Waals surface area contributed by atoms with Crippen LogP contribution in [-0.2, 0) is 16.6 Å². The summed E-state index contributed by atoms with van der Waals surface area (Å²) in [5.41, 5.74) is 2.42. The van der Waals surface area contributed by atoms with Crippen molar-refractivity contribution in [2.75, 3.05) is 13.1 Å². The van der Waals surface area contributed by atoms with Gasteiger partial charge in [-0.15, -0.1) is 0 Å². The maximum absolute atomic E-state index is 13.0. The van der Waals surface area contributed by atoms with Gasteiger partial charge < -0.3 is 0 Å². The zero-order valence-electron chi connectivity index (χ0n) is 14.3. The van der Waals surface area contributed by atoms with Crippen molar-refractivity contribution in [2.45, 2.75) is 51.0 Å². The zero-order chi connectivity index (χ0) is 17.3. The number of sulfonamides is 1. The van der Waals surface area contributed by atoms with Gasteiger partial charge in [0.25, 0.3) is 0 Å². The number of rotatable bonds is 4. The lowest BCUT2D eigenvalue weighted by Crippen LogP contribution is -2.39. The monoisotopic (exact) mass is 349 g/mol. The van der Waals surface area contributed by atoms with Crippen molar-refractivity contribution in [3.63, 3.8) is 0 Å². The van der Waals surface area contributed by atoms with Crippen LogP contribution in [0, 0.1) is 13.8 Å². The average Bonchev–Trinajstić information content (AvgIpc) is 2.96. The highest BCUT2D eigenvalue weighted by atomic mass is 32.2. The third-order valence-electron chi connectivity index (χ3n) is 4.55. The van der Waals surface area contributed by atoms with Gasteiger partial charge in [-0.25, -0.2) is 8.42 Å². The van der Waals surface area contributed by atoms with Gasteiger partial charge >= 0.3 is 0 Å². The topological polar surface area (TPSA) is 81.0 Å². The predicted molar refractivity (Wildman–Crippen MR) is 90.1 cm³/mol. The number of aryl methyl sites for hydroxylation is 2. The van der Waals surface area contributed by atoms with Crippen LogP contribution in [0.5, 0.6) is 0 Å². The van der Waals surface area contributed by atoms with E-state index in [0.29, 0.717) is 30.2 Å². The molecule has 0 saturated carbocycles. The maximum Gasteiger partial charge on any atom is 0.246 e. The highest BCUT2D eigenvalue weighted by molar-refractivity contribution is 7.89. The molecule has 2 aromatic rings. The molecule has 1 atom stereocenters. The van der Waals surface area contributed by atoms with Crippen molar-refractivity contribution >= 4 is 10.0 Å². The van der Waals surface area contributed by atoms with Crippen LogP contribution in [-0.4, -0.2) is 45.6 Å². The van der Waals surface area contributed by atoms with E-state index in [9.17, 15) is 8.42 Å². The molecule has 1 aliphatic heterocycles. The summed E-state index contributed by atoms with van der Waals surface area (Å²) in [6, 6.07) is 0. The number of hydrogen-bond acceptors (Lipinski definition) is 5. The van der Waals surface area contributed by atoms with Gasteiger partial charge in [-0.05, 0) is 33.6 Å². The Morgan fingerprint density at radius 2 is 2.04 bits per heavy atom. The van der Waals surface area contributed by atoms with Gasteiger partial charge in [0.15, 0.2) is 0 Å². The minimum absolute atomic E-state index is 0.0856. The Bertz CT molecular complexity index is 831. The van der Waals surface area contributed by atoms with Crippen molar-refractivity contribution in [1.82, 2.24) is 24.1 Å². The van der Waals surface area contributed by atoms with Crippen LogP contribution in [0.1, 0.15) is 42.8 Å². The Hall–Kier alpha value is -1.80. The average molecular weight is 349 g/mol. The van der Waals surface area contributed by atoms with Gasteiger partial charge in [0.1, 0.15) is 4.90 Å². The number of piperidine rings is 1. The summed E-state index contributed by atoms with van der Waals surface area (Å²) in [6.07, 6.45) is 6.67. The van der Waals surface area contributed by atoms with Crippen molar-refractivity contribution < 1.29 is 8.42 Å². The van der Waals surface area contributed by atoms with E-state index in [1.165, 1.54) is 6.20 Å². The van der Waals surface area contributed by atoms with Crippen LogP contribution >= 0.6 is 0 Å². The van der Waals surface area contributed by atoms with E-state index in [1.807, 2.05) is 13.8 Å². The van der Waals surface area contributed by atoms with E-state index in [2.05, 4.69) is 15.1 Å². The largest absolute Gasteiger partial charge is 0.269 e. The molecule has 3 heterocycles. The fourth-order valence-corrected chi connectivity index (χ4v) is 4.91. The SMILES string of the molecule is CCn1ncc(S(=O)(=O)N2CCCC(c3cncc(C)n3)C2)c1C. The highest BCUT2D eigenvalue weighted by Crippen LogP contribution is 2.30. The van der Waals surface area contributed by atoms with Crippen molar-refractivity contribution in [2.24, 2.45) is 0 Å². The zero-order valence-corrected chi connectivity index (χ0v) is 15.1. The van der Waals surface area contributed by atoms with Gasteiger partial charge in [0.05, 0.1) is 23.3 Å². The Balaban J connectivity index is 1.87. The first-order valence-electron chi connectivity index (χ1n) is 8.24. The molecule has 1 fully saturated rings. The van der Waals surface area contributed by atoms with E-state index in [0.717, 1.165) is 24.2 Å². The van der Waals surface area contributed by atoms with E-state index < -0.39 is 10.0 Å². The molecule has 1 unspecified atom stereocenters. The third kappa shape index (κ3) is 3.08. The fraction of sp³-hybridized carbons (Fsp3) is 0.562. The van der Waals surface area contributed by atoms with Crippen LogP contribution in [0.4, 0.5) is 0 Å². The van der Waals surface area contributed by atoms with Crippen molar-refractivity contribution in [1.29, 1.82) is 0 Å². The van der Waals surface area contributed by atoms with Crippen molar-refractivity contribution in [3.8, 4) is 0 Å². The normalized spacial score (nSPS) is 19.5. The Morgan fingerprint density at radius 1 is 1.25 bits per heavy atom. The quantitative estimate of drug-likeness (QED) is 0.842. The Kier molecular flexibility index (Phi) is 4.69. The van der Waals surface area contributed by atoms with Crippen LogP contribution in [0.15, 0.2) is 23.5 Å². The highest BCUT2D eigenvalue weighted by Gasteiger charge is 2.33. The minimum atomic E-state index is -3.53. The standard InChI is InChI=1S/C16H23N5O2S/c1-4-21-13(3)16(10-18-21)24(22,23)20-7-5-6-14(11-20)15-9-17-8-12(2)19-15/h8-10,14H,4-7,11H2,1-3H3. The predicted octanol–water partition coefficient (Wildman–Crippen LogP) is 1.88. The second-order valence-corrected chi connectivity index (χ2v) is 8.10. The van der Waals surface area contributed by atoms with E-state index >= 15 is 0 Å². The lowest BCUT2D eigenvalue weighted by atomic mass is 9.96. The summed E-state index contributed by atoms with van der Waals surface area (Å²) in [7, 11) is -3.53. The molecule has 0 radical (unpaired) electrons. The maximum atomic E-state index is 13.0. The van der Waals surface area contributed by atoms with Crippen LogP contribution in [0.25, 0.3) is 0 Å². The summed E-state index contributed by atoms with van der Waals surface area (Å²) < 4.78 is 29.3. The van der Waals surface area contributed by atoms with Gasteiger partial charge in [-0.1, -0.05) is 0 Å². The molecule has 1 saturated heterocycles. The summed E-state index contributed by atoms with van der Waals surface area (Å²) >= 11 is 0. The number of aromatic nitrogens is 4. The lowest BCUT2D eigenvalue weighted by molar-refractivity contribution is 0.312. The molecule has 7 nitrogen and oxygen atoms in total. The minimum Gasteiger partial charge on any atom is -0.269 e. The number of hydrogen-bond donors (Lipinski definition) is 0. The lowest BCUT2D eigenvalue weighted by Gasteiger charge is -2.31. The molecular weight excluding hydrogens is 326 g/mol. The summed E-state index contributed by atoms with van der Waals surface area (Å²) in [4.78, 5) is 9.02. The molecule has 130 valence electrons. The van der Waals surface area contributed by atoms with E-state index in [-0.39, 0.29) is 5.92 Å². The number of nitrogens with zero attached hydrogens (tertiary/aromatic N) is 5. The Morgan fingerprint density at radius 3 is 2.71 bits per heavy atom. The molecule has 0 spiro atoms. The molecule has 3 rings (SSSR count). The smallest absolute Gasteiger partial charge is 0.246 e. The summed E-state index contributed by atoms with van der Waals surface area (Å²) in [6.45, 7) is 7.28. The van der Waals surface area contributed by atoms with Gasteiger partial charge in [-0.2, -0.15) is 9.40 Å². The second-order valence-electron chi connectivity index (χ2n) is 6.20.